The van der Waals surface area contributed by atoms with Gasteiger partial charge in [0.15, 0.2) is 11.6 Å². The second-order valence-electron chi connectivity index (χ2n) is 3.85. The summed E-state index contributed by atoms with van der Waals surface area (Å²) in [6.45, 7) is 1.92. The Kier molecular flexibility index (Phi) is 4.15. The molecule has 2 aromatic rings. The minimum absolute atomic E-state index is 0.205. The van der Waals surface area contributed by atoms with Gasteiger partial charge < -0.3 is 4.74 Å². The summed E-state index contributed by atoms with van der Waals surface area (Å²) in [7, 11) is 1.43. The Bertz CT molecular complexity index is 568. The van der Waals surface area contributed by atoms with E-state index in [4.69, 9.17) is 27.9 Å². The lowest BCUT2D eigenvalue weighted by atomic mass is 10.1. The van der Waals surface area contributed by atoms with Crippen LogP contribution < -0.4 is 4.74 Å². The van der Waals surface area contributed by atoms with Crippen molar-refractivity contribution in [2.75, 3.05) is 7.11 Å². The van der Waals surface area contributed by atoms with E-state index in [9.17, 15) is 4.39 Å². The van der Waals surface area contributed by atoms with E-state index in [1.54, 1.807) is 12.1 Å². The molecule has 0 spiro atoms. The summed E-state index contributed by atoms with van der Waals surface area (Å²) in [5, 5.41) is 2.14. The van der Waals surface area contributed by atoms with Crippen LogP contribution in [0, 0.1) is 12.7 Å². The molecule has 1 unspecified atom stereocenters. The number of alkyl halides is 1. The van der Waals surface area contributed by atoms with Gasteiger partial charge in [0.2, 0.25) is 0 Å². The van der Waals surface area contributed by atoms with Gasteiger partial charge in [0.1, 0.15) is 0 Å². The molecule has 1 aromatic carbocycles. The molecule has 2 rings (SSSR count). The quantitative estimate of drug-likeness (QED) is 0.709. The van der Waals surface area contributed by atoms with E-state index in [-0.39, 0.29) is 5.75 Å². The van der Waals surface area contributed by atoms with Gasteiger partial charge in [-0.15, -0.1) is 22.9 Å². The van der Waals surface area contributed by atoms with Gasteiger partial charge in [-0.25, -0.2) is 4.39 Å². The second-order valence-corrected chi connectivity index (χ2v) is 5.58. The van der Waals surface area contributed by atoms with Crippen molar-refractivity contribution >= 4 is 34.5 Å². The van der Waals surface area contributed by atoms with Crippen molar-refractivity contribution in [1.29, 1.82) is 0 Å². The lowest BCUT2D eigenvalue weighted by Gasteiger charge is -2.10. The molecule has 96 valence electrons. The molecule has 0 saturated carbocycles. The van der Waals surface area contributed by atoms with Crippen molar-refractivity contribution in [3.63, 3.8) is 0 Å². The van der Waals surface area contributed by atoms with Gasteiger partial charge in [-0.3, -0.25) is 0 Å². The molecule has 1 atom stereocenters. The molecule has 5 heteroatoms. The monoisotopic (exact) mass is 304 g/mol. The van der Waals surface area contributed by atoms with Crippen LogP contribution in [0.25, 0.3) is 0 Å². The summed E-state index contributed by atoms with van der Waals surface area (Å²) in [4.78, 5) is 0.834. The fourth-order valence-electron chi connectivity index (χ4n) is 1.61. The van der Waals surface area contributed by atoms with Crippen molar-refractivity contribution in [2.45, 2.75) is 12.3 Å². The van der Waals surface area contributed by atoms with Crippen LogP contribution in [0.15, 0.2) is 23.6 Å². The molecule has 0 amide bonds. The molecular weight excluding hydrogens is 294 g/mol. The average Bonchev–Trinajstić information content (AvgIpc) is 2.69. The van der Waals surface area contributed by atoms with Crippen LogP contribution >= 0.6 is 34.5 Å². The zero-order valence-electron chi connectivity index (χ0n) is 9.84. The number of hydrogen-bond acceptors (Lipinski definition) is 2. The summed E-state index contributed by atoms with van der Waals surface area (Å²) >= 11 is 14.0. The summed E-state index contributed by atoms with van der Waals surface area (Å²) in [5.74, 6) is -0.221. The first-order chi connectivity index (χ1) is 8.54. The number of aryl methyl sites for hydroxylation is 1. The van der Waals surface area contributed by atoms with Gasteiger partial charge in [-0.1, -0.05) is 17.7 Å². The molecule has 0 aliphatic carbocycles. The number of methoxy groups -OCH3 is 1. The van der Waals surface area contributed by atoms with Crippen molar-refractivity contribution in [3.8, 4) is 5.75 Å². The zero-order valence-corrected chi connectivity index (χ0v) is 12.2. The predicted molar refractivity (Wildman–Crippen MR) is 74.7 cm³/mol. The Balaban J connectivity index is 2.37. The van der Waals surface area contributed by atoms with E-state index in [1.807, 2.05) is 12.3 Å². The Morgan fingerprint density at radius 1 is 1.39 bits per heavy atom. The highest BCUT2D eigenvalue weighted by molar-refractivity contribution is 7.11. The summed E-state index contributed by atoms with van der Waals surface area (Å²) in [5.41, 5.74) is 1.65. The fraction of sp³-hybridized carbons (Fsp3) is 0.231. The van der Waals surface area contributed by atoms with E-state index in [0.717, 1.165) is 10.4 Å². The van der Waals surface area contributed by atoms with Crippen molar-refractivity contribution in [3.05, 3.63) is 50.4 Å². The first-order valence-electron chi connectivity index (χ1n) is 5.25. The highest BCUT2D eigenvalue weighted by atomic mass is 35.5. The fourth-order valence-corrected chi connectivity index (χ4v) is 3.37. The van der Waals surface area contributed by atoms with Gasteiger partial charge in [-0.2, -0.15) is 0 Å². The normalized spacial score (nSPS) is 12.5. The van der Waals surface area contributed by atoms with Crippen LogP contribution in [-0.4, -0.2) is 7.11 Å². The predicted octanol–water partition coefficient (Wildman–Crippen LogP) is 5.19. The third-order valence-corrected chi connectivity index (χ3v) is 5.00. The first kappa shape index (κ1) is 13.7. The molecule has 0 aliphatic heterocycles. The standard InChI is InChI=1S/C13H11Cl2FOS/c1-7-6-18-13(11(7)14)12(15)8-3-4-10(17-2)9(16)5-8/h3-6,12H,1-2H3. The molecule has 18 heavy (non-hydrogen) atoms. The minimum Gasteiger partial charge on any atom is -0.494 e. The van der Waals surface area contributed by atoms with Gasteiger partial charge in [-0.05, 0) is 35.6 Å². The number of hydrogen-bond donors (Lipinski definition) is 0. The smallest absolute Gasteiger partial charge is 0.165 e. The van der Waals surface area contributed by atoms with Crippen molar-refractivity contribution in [1.82, 2.24) is 0 Å². The second kappa shape index (κ2) is 5.47. The van der Waals surface area contributed by atoms with Gasteiger partial charge in [0.05, 0.1) is 17.5 Å². The number of halogens is 3. The largest absolute Gasteiger partial charge is 0.494 e. The Morgan fingerprint density at radius 3 is 2.61 bits per heavy atom. The first-order valence-corrected chi connectivity index (χ1v) is 6.95. The SMILES string of the molecule is COc1ccc(C(Cl)c2scc(C)c2Cl)cc1F. The van der Waals surface area contributed by atoms with Crippen LogP contribution in [0.3, 0.4) is 0 Å². The van der Waals surface area contributed by atoms with E-state index >= 15 is 0 Å². The van der Waals surface area contributed by atoms with E-state index < -0.39 is 11.2 Å². The summed E-state index contributed by atoms with van der Waals surface area (Å²) in [6.07, 6.45) is 0. The third-order valence-electron chi connectivity index (χ3n) is 2.62. The number of rotatable bonds is 3. The highest BCUT2D eigenvalue weighted by Gasteiger charge is 2.19. The number of thiophene rings is 1. The third kappa shape index (κ3) is 2.48. The molecule has 0 saturated heterocycles. The highest BCUT2D eigenvalue weighted by Crippen LogP contribution is 2.40. The van der Waals surface area contributed by atoms with Gasteiger partial charge in [0.25, 0.3) is 0 Å². The van der Waals surface area contributed by atoms with E-state index in [1.165, 1.54) is 24.5 Å². The molecule has 0 aliphatic rings. The maximum Gasteiger partial charge on any atom is 0.165 e. The maximum absolute atomic E-state index is 13.6. The minimum atomic E-state index is -0.448. The van der Waals surface area contributed by atoms with E-state index in [0.29, 0.717) is 10.6 Å². The molecule has 1 aromatic heterocycles. The lowest BCUT2D eigenvalue weighted by Crippen LogP contribution is -1.95. The molecule has 1 heterocycles. The topological polar surface area (TPSA) is 9.23 Å². The average molecular weight is 305 g/mol. The lowest BCUT2D eigenvalue weighted by molar-refractivity contribution is 0.386. The van der Waals surface area contributed by atoms with Crippen LogP contribution in [0.4, 0.5) is 4.39 Å². The maximum atomic E-state index is 13.6. The summed E-state index contributed by atoms with van der Waals surface area (Å²) in [6, 6.07) is 4.68. The number of benzene rings is 1. The Morgan fingerprint density at radius 2 is 2.11 bits per heavy atom. The molecule has 0 radical (unpaired) electrons. The van der Waals surface area contributed by atoms with E-state index in [2.05, 4.69) is 0 Å². The van der Waals surface area contributed by atoms with Crippen LogP contribution in [0.1, 0.15) is 21.4 Å². The van der Waals surface area contributed by atoms with Crippen molar-refractivity contribution < 1.29 is 9.13 Å². The molecule has 0 N–H and O–H groups in total. The molecular formula is C13H11Cl2FOS. The summed E-state index contributed by atoms with van der Waals surface area (Å²) < 4.78 is 18.5. The Labute approximate surface area is 119 Å². The molecule has 0 bridgehead atoms. The van der Waals surface area contributed by atoms with Crippen LogP contribution in [0.5, 0.6) is 5.75 Å². The molecule has 1 nitrogen and oxygen atoms in total. The Hall–Kier alpha value is -0.770. The van der Waals surface area contributed by atoms with Gasteiger partial charge >= 0.3 is 0 Å². The van der Waals surface area contributed by atoms with Crippen LogP contribution in [-0.2, 0) is 0 Å². The number of ether oxygens (including phenoxy) is 1. The van der Waals surface area contributed by atoms with Crippen LogP contribution in [0.2, 0.25) is 5.02 Å². The van der Waals surface area contributed by atoms with Crippen molar-refractivity contribution in [2.24, 2.45) is 0 Å². The molecule has 0 fully saturated rings. The zero-order chi connectivity index (χ0) is 13.3. The van der Waals surface area contributed by atoms with Gasteiger partial charge in [0, 0.05) is 4.88 Å².